The van der Waals surface area contributed by atoms with Gasteiger partial charge in [0.2, 0.25) is 0 Å². The Morgan fingerprint density at radius 1 is 0.875 bits per heavy atom. The number of fused-ring (bicyclic) bond motifs is 4. The van der Waals surface area contributed by atoms with Crippen molar-refractivity contribution >= 4 is 38.1 Å². The lowest BCUT2D eigenvalue weighted by Gasteiger charge is -2.24. The molecule has 3 nitrogen and oxygen atoms in total. The highest BCUT2D eigenvalue weighted by Gasteiger charge is 2.24. The molecule has 0 aliphatic carbocycles. The van der Waals surface area contributed by atoms with E-state index in [0.29, 0.717) is 5.69 Å². The number of nitrogens with zero attached hydrogens (tertiary/aromatic N) is 3. The highest BCUT2D eigenvalue weighted by atomic mass is 15.0. The Bertz CT molecular complexity index is 1580. The van der Waals surface area contributed by atoms with E-state index < -0.39 is 0 Å². The second-order valence-electron chi connectivity index (χ2n) is 9.58. The molecule has 156 valence electrons. The van der Waals surface area contributed by atoms with Gasteiger partial charge in [0.25, 0.3) is 6.33 Å². The van der Waals surface area contributed by atoms with Gasteiger partial charge in [-0.15, -0.1) is 0 Å². The van der Waals surface area contributed by atoms with Crippen LogP contribution in [0, 0.1) is 13.5 Å². The summed E-state index contributed by atoms with van der Waals surface area (Å²) in [7, 11) is 2.07. The van der Waals surface area contributed by atoms with Crippen molar-refractivity contribution in [1.82, 2.24) is 4.98 Å². The highest BCUT2D eigenvalue weighted by Crippen LogP contribution is 2.39. The van der Waals surface area contributed by atoms with Crippen LogP contribution in [0.1, 0.15) is 31.9 Å². The first-order valence-electron chi connectivity index (χ1n) is 10.9. The van der Waals surface area contributed by atoms with Crippen molar-refractivity contribution in [3.63, 3.8) is 0 Å². The zero-order chi connectivity index (χ0) is 22.6. The maximum Gasteiger partial charge on any atom is 0.287 e. The summed E-state index contributed by atoms with van der Waals surface area (Å²) in [5.74, 6) is 0. The van der Waals surface area contributed by atoms with Crippen molar-refractivity contribution in [2.45, 2.75) is 33.1 Å². The van der Waals surface area contributed by atoms with Gasteiger partial charge in [0.05, 0.1) is 19.0 Å². The summed E-state index contributed by atoms with van der Waals surface area (Å²) < 4.78 is 2.13. The Hall–Kier alpha value is -3.77. The van der Waals surface area contributed by atoms with Gasteiger partial charge in [0.15, 0.2) is 11.2 Å². The van der Waals surface area contributed by atoms with Crippen LogP contribution >= 0.6 is 0 Å². The van der Waals surface area contributed by atoms with Crippen LogP contribution in [0.4, 0.5) is 5.69 Å². The van der Waals surface area contributed by atoms with E-state index in [2.05, 4.69) is 86.6 Å². The van der Waals surface area contributed by atoms with E-state index in [0.717, 1.165) is 21.7 Å². The Balaban J connectivity index is 1.91. The molecule has 3 heteroatoms. The van der Waals surface area contributed by atoms with Gasteiger partial charge in [-0.05, 0) is 62.8 Å². The molecule has 4 aromatic carbocycles. The molecule has 0 fully saturated rings. The normalized spacial score (nSPS) is 11.9. The predicted octanol–water partition coefficient (Wildman–Crippen LogP) is 7.19. The molecular weight excluding hydrogens is 390 g/mol. The largest absolute Gasteiger partial charge is 0.287 e. The molecule has 0 unspecified atom stereocenters. The summed E-state index contributed by atoms with van der Waals surface area (Å²) in [6.45, 7) is 16.4. The Kier molecular flexibility index (Phi) is 4.50. The van der Waals surface area contributed by atoms with Crippen molar-refractivity contribution in [3.05, 3.63) is 89.5 Å². The summed E-state index contributed by atoms with van der Waals surface area (Å²) in [6, 6.07) is 21.2. The lowest BCUT2D eigenvalue weighted by molar-refractivity contribution is -0.662. The number of aryl methyl sites for hydroxylation is 2. The van der Waals surface area contributed by atoms with E-state index >= 15 is 0 Å². The van der Waals surface area contributed by atoms with Crippen LogP contribution in [0.3, 0.4) is 0 Å². The van der Waals surface area contributed by atoms with Crippen molar-refractivity contribution < 1.29 is 4.57 Å². The Labute approximate surface area is 188 Å². The molecule has 0 N–H and O–H groups in total. The van der Waals surface area contributed by atoms with Gasteiger partial charge in [-0.1, -0.05) is 63.2 Å². The first-order chi connectivity index (χ1) is 15.3. The van der Waals surface area contributed by atoms with Crippen molar-refractivity contribution in [3.8, 4) is 11.3 Å². The number of rotatable bonds is 1. The van der Waals surface area contributed by atoms with Gasteiger partial charge >= 0.3 is 0 Å². The summed E-state index contributed by atoms with van der Waals surface area (Å²) in [5, 5.41) is 5.85. The fourth-order valence-electron chi connectivity index (χ4n) is 4.81. The van der Waals surface area contributed by atoms with E-state index in [1.807, 2.05) is 24.5 Å². The molecule has 0 atom stereocenters. The molecule has 32 heavy (non-hydrogen) atoms. The topological polar surface area (TPSA) is 21.1 Å². The Morgan fingerprint density at radius 3 is 2.31 bits per heavy atom. The van der Waals surface area contributed by atoms with Crippen molar-refractivity contribution in [2.75, 3.05) is 0 Å². The lowest BCUT2D eigenvalue weighted by Crippen LogP contribution is -2.32. The van der Waals surface area contributed by atoms with Crippen LogP contribution in [0.2, 0.25) is 0 Å². The Morgan fingerprint density at radius 2 is 1.59 bits per heavy atom. The third-order valence-electron chi connectivity index (χ3n) is 6.45. The molecule has 0 aliphatic heterocycles. The summed E-state index contributed by atoms with van der Waals surface area (Å²) in [5.41, 5.74) is 6.67. The van der Waals surface area contributed by atoms with Crippen LogP contribution < -0.4 is 4.57 Å². The van der Waals surface area contributed by atoms with Crippen molar-refractivity contribution in [1.29, 1.82) is 0 Å². The average molecular weight is 417 g/mol. The first-order valence-corrected chi connectivity index (χ1v) is 10.9. The monoisotopic (exact) mass is 416 g/mol. The molecule has 1 aromatic heterocycles. The first kappa shape index (κ1) is 20.2. The molecule has 5 rings (SSSR count). The van der Waals surface area contributed by atoms with Crippen LogP contribution in [-0.4, -0.2) is 4.98 Å². The molecule has 0 saturated carbocycles. The summed E-state index contributed by atoms with van der Waals surface area (Å²) >= 11 is 0. The summed E-state index contributed by atoms with van der Waals surface area (Å²) in [6.07, 6.45) is 1.91. The van der Waals surface area contributed by atoms with Crippen LogP contribution in [0.15, 0.2) is 67.0 Å². The molecule has 1 heterocycles. The second-order valence-corrected chi connectivity index (χ2v) is 9.58. The molecule has 0 radical (unpaired) electrons. The number of hydrogen-bond acceptors (Lipinski definition) is 1. The minimum atomic E-state index is 0.0202. The maximum atomic E-state index is 7.32. The molecule has 5 aromatic rings. The van der Waals surface area contributed by atoms with E-state index in [-0.39, 0.29) is 5.41 Å². The van der Waals surface area contributed by atoms with Crippen LogP contribution in [0.5, 0.6) is 0 Å². The van der Waals surface area contributed by atoms with E-state index in [9.17, 15) is 0 Å². The smallest absolute Gasteiger partial charge is 0.238 e. The van der Waals surface area contributed by atoms with Gasteiger partial charge in [-0.25, -0.2) is 9.41 Å². The molecule has 0 bridgehead atoms. The van der Waals surface area contributed by atoms with Crippen LogP contribution in [0.25, 0.3) is 48.6 Å². The predicted molar refractivity (Wildman–Crippen MR) is 133 cm³/mol. The zero-order valence-corrected chi connectivity index (χ0v) is 19.2. The quantitative estimate of drug-likeness (QED) is 0.161. The average Bonchev–Trinajstić information content (AvgIpc) is 2.78. The maximum absolute atomic E-state index is 7.32. The third-order valence-corrected chi connectivity index (χ3v) is 6.45. The van der Waals surface area contributed by atoms with Gasteiger partial charge < -0.3 is 0 Å². The molecule has 0 spiro atoms. The minimum absolute atomic E-state index is 0.0202. The fraction of sp³-hybridized carbons (Fsp3) is 0.207. The van der Waals surface area contributed by atoms with Gasteiger partial charge in [0.1, 0.15) is 5.69 Å². The van der Waals surface area contributed by atoms with E-state index in [1.54, 1.807) is 0 Å². The van der Waals surface area contributed by atoms with Crippen LogP contribution in [-0.2, 0) is 12.5 Å². The second kappa shape index (κ2) is 7.14. The third kappa shape index (κ3) is 3.03. The SMILES string of the molecule is [C-]#[N+]c1ccc2c(ccc3c(-c4cc(C(C)(C)C)c5ccccc5c4C)[n+](C)cnc32)c1. The number of aromatic nitrogens is 2. The summed E-state index contributed by atoms with van der Waals surface area (Å²) in [4.78, 5) is 8.38. The number of hydrogen-bond donors (Lipinski definition) is 0. The van der Waals surface area contributed by atoms with Gasteiger partial charge in [-0.3, -0.25) is 0 Å². The number of benzene rings is 4. The molecule has 0 aliphatic rings. The van der Waals surface area contributed by atoms with Gasteiger partial charge in [-0.2, -0.15) is 0 Å². The standard InChI is InChI=1S/C29H26N3/c1-18-21-9-7-8-10-23(21)26(29(2,3)4)16-25(18)28-24-13-11-19-15-20(30-5)12-14-22(19)27(24)31-17-32(28)6/h7-17H,1-4,6H3/q+1. The minimum Gasteiger partial charge on any atom is -0.238 e. The molecule has 0 amide bonds. The van der Waals surface area contributed by atoms with Crippen molar-refractivity contribution in [2.24, 2.45) is 7.05 Å². The highest BCUT2D eigenvalue weighted by molar-refractivity contribution is 6.10. The lowest BCUT2D eigenvalue weighted by atomic mass is 9.80. The molecule has 0 saturated heterocycles. The molecular formula is C29H26N3+. The van der Waals surface area contributed by atoms with E-state index in [4.69, 9.17) is 11.6 Å². The van der Waals surface area contributed by atoms with Gasteiger partial charge in [0, 0.05) is 10.9 Å². The fourth-order valence-corrected chi connectivity index (χ4v) is 4.81. The van der Waals surface area contributed by atoms with E-state index in [1.165, 1.54) is 33.2 Å². The zero-order valence-electron chi connectivity index (χ0n) is 19.2.